The highest BCUT2D eigenvalue weighted by Crippen LogP contribution is 2.31. The van der Waals surface area contributed by atoms with Crippen molar-refractivity contribution in [1.29, 1.82) is 0 Å². The summed E-state index contributed by atoms with van der Waals surface area (Å²) in [6.45, 7) is 0. The quantitative estimate of drug-likeness (QED) is 0.439. The number of ether oxygens (including phenoxy) is 1. The third kappa shape index (κ3) is 2.36. The van der Waals surface area contributed by atoms with Crippen LogP contribution < -0.4 is 0 Å². The van der Waals surface area contributed by atoms with Crippen molar-refractivity contribution in [3.8, 4) is 11.3 Å². The largest absolute Gasteiger partial charge is 0.465 e. The van der Waals surface area contributed by atoms with E-state index in [1.54, 1.807) is 12.1 Å². The van der Waals surface area contributed by atoms with Gasteiger partial charge in [-0.1, -0.05) is 42.5 Å². The molecule has 0 N–H and O–H groups in total. The molecule has 0 aliphatic carbocycles. The Bertz CT molecular complexity index is 1320. The molecule has 5 aromatic rings. The second kappa shape index (κ2) is 5.92. The number of carbonyl (C=O) groups is 1. The van der Waals surface area contributed by atoms with Crippen LogP contribution in [0.2, 0.25) is 0 Å². The molecule has 0 fully saturated rings. The lowest BCUT2D eigenvalue weighted by molar-refractivity contribution is 0.0601. The van der Waals surface area contributed by atoms with Crippen LogP contribution in [0.15, 0.2) is 72.8 Å². The predicted octanol–water partition coefficient (Wildman–Crippen LogP) is 4.49. The lowest BCUT2D eigenvalue weighted by Crippen LogP contribution is -2.01. The smallest absolute Gasteiger partial charge is 0.337 e. The molecule has 27 heavy (non-hydrogen) atoms. The number of para-hydroxylation sites is 2. The molecular formula is C22H15N3O2. The third-order valence-electron chi connectivity index (χ3n) is 4.72. The predicted molar refractivity (Wildman–Crippen MR) is 105 cm³/mol. The van der Waals surface area contributed by atoms with Gasteiger partial charge < -0.3 is 4.74 Å². The van der Waals surface area contributed by atoms with Crippen LogP contribution in [0.5, 0.6) is 0 Å². The first-order valence-corrected chi connectivity index (χ1v) is 8.61. The number of hydrogen-bond acceptors (Lipinski definition) is 4. The highest BCUT2D eigenvalue weighted by atomic mass is 16.5. The summed E-state index contributed by atoms with van der Waals surface area (Å²) in [6.07, 6.45) is 0. The number of esters is 1. The molecule has 130 valence electrons. The Labute approximate surface area is 154 Å². The molecule has 0 spiro atoms. The van der Waals surface area contributed by atoms with Gasteiger partial charge in [0.05, 0.1) is 34.9 Å². The minimum Gasteiger partial charge on any atom is -0.465 e. The van der Waals surface area contributed by atoms with E-state index < -0.39 is 0 Å². The Morgan fingerprint density at radius 3 is 2.37 bits per heavy atom. The summed E-state index contributed by atoms with van der Waals surface area (Å²) in [4.78, 5) is 16.6. The molecule has 0 aliphatic rings. The van der Waals surface area contributed by atoms with Crippen LogP contribution in [0.25, 0.3) is 38.7 Å². The average Bonchev–Trinajstić information content (AvgIpc) is 3.13. The Morgan fingerprint density at radius 1 is 0.889 bits per heavy atom. The number of rotatable bonds is 2. The van der Waals surface area contributed by atoms with Crippen LogP contribution in [-0.2, 0) is 4.74 Å². The van der Waals surface area contributed by atoms with Crippen molar-refractivity contribution < 1.29 is 9.53 Å². The molecule has 5 heteroatoms. The molecule has 0 amide bonds. The summed E-state index contributed by atoms with van der Waals surface area (Å²) in [5.74, 6) is -0.354. The molecular weight excluding hydrogens is 338 g/mol. The highest BCUT2D eigenvalue weighted by Gasteiger charge is 2.16. The lowest BCUT2D eigenvalue weighted by atomic mass is 10.1. The van der Waals surface area contributed by atoms with E-state index in [0.29, 0.717) is 5.56 Å². The first-order chi connectivity index (χ1) is 13.3. The average molecular weight is 353 g/mol. The van der Waals surface area contributed by atoms with Gasteiger partial charge in [-0.15, -0.1) is 0 Å². The molecule has 0 bridgehead atoms. The van der Waals surface area contributed by atoms with E-state index in [9.17, 15) is 4.79 Å². The van der Waals surface area contributed by atoms with Gasteiger partial charge in [-0.05, 0) is 30.3 Å². The molecule has 3 aromatic carbocycles. The van der Waals surface area contributed by atoms with Crippen LogP contribution in [0.4, 0.5) is 0 Å². The van der Waals surface area contributed by atoms with Crippen LogP contribution in [0.1, 0.15) is 10.4 Å². The van der Waals surface area contributed by atoms with Crippen LogP contribution >= 0.6 is 0 Å². The van der Waals surface area contributed by atoms with Gasteiger partial charge in [0.15, 0.2) is 0 Å². The number of nitrogens with zero attached hydrogens (tertiary/aromatic N) is 3. The number of carbonyl (C=O) groups excluding carboxylic acids is 1. The van der Waals surface area contributed by atoms with Crippen molar-refractivity contribution in [3.05, 3.63) is 78.4 Å². The molecule has 0 unspecified atom stereocenters. The number of aromatic nitrogens is 3. The lowest BCUT2D eigenvalue weighted by Gasteiger charge is -2.08. The fourth-order valence-corrected chi connectivity index (χ4v) is 3.43. The Hall–Kier alpha value is -3.73. The van der Waals surface area contributed by atoms with Gasteiger partial charge in [-0.3, -0.25) is 0 Å². The van der Waals surface area contributed by atoms with E-state index in [4.69, 9.17) is 14.8 Å². The SMILES string of the molecule is COC(=O)c1ccc(-c2nc3ccccc3n3nc4ccccc4c23)cc1. The van der Waals surface area contributed by atoms with E-state index in [-0.39, 0.29) is 5.97 Å². The Morgan fingerprint density at radius 2 is 1.59 bits per heavy atom. The minimum absolute atomic E-state index is 0.354. The zero-order valence-corrected chi connectivity index (χ0v) is 14.6. The number of benzene rings is 3. The Kier molecular flexibility index (Phi) is 3.40. The van der Waals surface area contributed by atoms with Crippen molar-refractivity contribution >= 4 is 33.4 Å². The molecule has 0 saturated heterocycles. The maximum absolute atomic E-state index is 11.7. The minimum atomic E-state index is -0.354. The second-order valence-corrected chi connectivity index (χ2v) is 6.30. The van der Waals surface area contributed by atoms with Crippen LogP contribution in [0, 0.1) is 0 Å². The van der Waals surface area contributed by atoms with Gasteiger partial charge in [-0.2, -0.15) is 5.10 Å². The standard InChI is InChI=1S/C22H15N3O2/c1-27-22(26)15-12-10-14(11-13-15)20-21-16-6-2-3-7-17(16)24-25(21)19-9-5-4-8-18(19)23-20/h2-13H,1H3. The van der Waals surface area contributed by atoms with Gasteiger partial charge in [0.1, 0.15) is 5.52 Å². The van der Waals surface area contributed by atoms with Gasteiger partial charge in [-0.25, -0.2) is 14.3 Å². The van der Waals surface area contributed by atoms with E-state index in [2.05, 4.69) is 6.07 Å². The van der Waals surface area contributed by atoms with Gasteiger partial charge >= 0.3 is 5.97 Å². The summed E-state index contributed by atoms with van der Waals surface area (Å²) in [6, 6.07) is 23.3. The van der Waals surface area contributed by atoms with E-state index in [1.165, 1.54) is 7.11 Å². The summed E-state index contributed by atoms with van der Waals surface area (Å²) >= 11 is 0. The van der Waals surface area contributed by atoms with Gasteiger partial charge in [0, 0.05) is 10.9 Å². The van der Waals surface area contributed by atoms with E-state index in [1.807, 2.05) is 59.1 Å². The summed E-state index contributed by atoms with van der Waals surface area (Å²) < 4.78 is 6.74. The van der Waals surface area contributed by atoms with Crippen LogP contribution in [-0.4, -0.2) is 27.7 Å². The zero-order chi connectivity index (χ0) is 18.4. The number of fused-ring (bicyclic) bond motifs is 5. The second-order valence-electron chi connectivity index (χ2n) is 6.30. The number of methoxy groups -OCH3 is 1. The number of hydrogen-bond donors (Lipinski definition) is 0. The van der Waals surface area contributed by atoms with Crippen molar-refractivity contribution in [3.63, 3.8) is 0 Å². The van der Waals surface area contributed by atoms with Crippen molar-refractivity contribution in [2.75, 3.05) is 7.11 Å². The van der Waals surface area contributed by atoms with Gasteiger partial charge in [0.25, 0.3) is 0 Å². The summed E-state index contributed by atoms with van der Waals surface area (Å²) in [5, 5.41) is 5.84. The van der Waals surface area contributed by atoms with Crippen molar-refractivity contribution in [2.45, 2.75) is 0 Å². The molecule has 2 heterocycles. The molecule has 5 nitrogen and oxygen atoms in total. The maximum Gasteiger partial charge on any atom is 0.337 e. The highest BCUT2D eigenvalue weighted by molar-refractivity contribution is 6.04. The Balaban J connectivity index is 1.86. The normalized spacial score (nSPS) is 11.3. The maximum atomic E-state index is 11.7. The topological polar surface area (TPSA) is 56.5 Å². The fourth-order valence-electron chi connectivity index (χ4n) is 3.43. The fraction of sp³-hybridized carbons (Fsp3) is 0.0455. The summed E-state index contributed by atoms with van der Waals surface area (Å²) in [7, 11) is 1.38. The molecule has 0 atom stereocenters. The third-order valence-corrected chi connectivity index (χ3v) is 4.72. The molecule has 0 aliphatic heterocycles. The van der Waals surface area contributed by atoms with Crippen molar-refractivity contribution in [1.82, 2.24) is 14.6 Å². The van der Waals surface area contributed by atoms with Crippen LogP contribution in [0.3, 0.4) is 0 Å². The van der Waals surface area contributed by atoms with E-state index >= 15 is 0 Å². The first-order valence-electron chi connectivity index (χ1n) is 8.61. The molecule has 2 aromatic heterocycles. The van der Waals surface area contributed by atoms with E-state index in [0.717, 1.165) is 38.7 Å². The monoisotopic (exact) mass is 353 g/mol. The molecule has 0 radical (unpaired) electrons. The first kappa shape index (κ1) is 15.5. The van der Waals surface area contributed by atoms with Gasteiger partial charge in [0.2, 0.25) is 0 Å². The van der Waals surface area contributed by atoms with Crippen molar-refractivity contribution in [2.24, 2.45) is 0 Å². The zero-order valence-electron chi connectivity index (χ0n) is 14.6. The summed E-state index contributed by atoms with van der Waals surface area (Å²) in [5.41, 5.74) is 5.96. The molecule has 0 saturated carbocycles. The molecule has 5 rings (SSSR count).